The molecule has 3 heterocycles. The number of nitrogens with zero attached hydrogens (tertiary/aromatic N) is 4. The van der Waals surface area contributed by atoms with Crippen molar-refractivity contribution in [3.63, 3.8) is 0 Å². The van der Waals surface area contributed by atoms with E-state index in [0.29, 0.717) is 5.15 Å². The molecule has 28 heavy (non-hydrogen) atoms. The van der Waals surface area contributed by atoms with Crippen LogP contribution in [0.4, 0.5) is 0 Å². The maximum absolute atomic E-state index is 6.28. The maximum Gasteiger partial charge on any atom is 0.146 e. The summed E-state index contributed by atoms with van der Waals surface area (Å²) in [6.45, 7) is 0. The highest BCUT2D eigenvalue weighted by atomic mass is 35.5. The number of rotatable bonds is 6. The smallest absolute Gasteiger partial charge is 0.146 e. The molecule has 4 rings (SSSR count). The molecule has 0 N–H and O–H groups in total. The van der Waals surface area contributed by atoms with Crippen LogP contribution in [-0.2, 0) is 4.74 Å². The Labute approximate surface area is 173 Å². The van der Waals surface area contributed by atoms with Gasteiger partial charge in [0.1, 0.15) is 23.4 Å². The van der Waals surface area contributed by atoms with E-state index in [-0.39, 0.29) is 12.3 Å². The van der Waals surface area contributed by atoms with Crippen molar-refractivity contribution in [2.24, 2.45) is 4.99 Å². The first-order chi connectivity index (χ1) is 13.7. The van der Waals surface area contributed by atoms with E-state index in [1.165, 1.54) is 16.8 Å². The Bertz CT molecular complexity index is 999. The van der Waals surface area contributed by atoms with Crippen LogP contribution in [0.5, 0.6) is 0 Å². The topological polar surface area (TPSA) is 52.3 Å². The van der Waals surface area contributed by atoms with Gasteiger partial charge in [0, 0.05) is 30.1 Å². The third kappa shape index (κ3) is 4.29. The van der Waals surface area contributed by atoms with Crippen LogP contribution in [0.15, 0.2) is 58.8 Å². The van der Waals surface area contributed by atoms with E-state index in [4.69, 9.17) is 16.3 Å². The molecular formula is C21H21ClN4OS. The summed E-state index contributed by atoms with van der Waals surface area (Å²) in [5, 5.41) is 1.35. The highest BCUT2D eigenvalue weighted by Crippen LogP contribution is 2.34. The lowest BCUT2D eigenvalue weighted by molar-refractivity contribution is 0.0157. The van der Waals surface area contributed by atoms with Crippen LogP contribution in [0.1, 0.15) is 24.6 Å². The van der Waals surface area contributed by atoms with Crippen molar-refractivity contribution >= 4 is 46.7 Å². The molecule has 0 saturated carbocycles. The van der Waals surface area contributed by atoms with Gasteiger partial charge in [0.15, 0.2) is 0 Å². The Hall–Kier alpha value is -2.15. The molecule has 3 aromatic rings. The first kappa shape index (κ1) is 19.2. The molecule has 2 unspecified atom stereocenters. The normalized spacial score (nSPS) is 20.1. The molecule has 0 bridgehead atoms. The quantitative estimate of drug-likeness (QED) is 0.314. The number of benzene rings is 1. The molecule has 2 aromatic heterocycles. The van der Waals surface area contributed by atoms with Gasteiger partial charge in [-0.1, -0.05) is 29.8 Å². The largest absolute Gasteiger partial charge is 0.354 e. The summed E-state index contributed by atoms with van der Waals surface area (Å²) >= 11 is 7.98. The van der Waals surface area contributed by atoms with Crippen LogP contribution < -0.4 is 0 Å². The molecule has 0 spiro atoms. The first-order valence-corrected chi connectivity index (χ1v) is 10.5. The van der Waals surface area contributed by atoms with Gasteiger partial charge >= 0.3 is 0 Å². The summed E-state index contributed by atoms with van der Waals surface area (Å²) in [5.74, 6) is 0.934. The van der Waals surface area contributed by atoms with Crippen LogP contribution in [0, 0.1) is 0 Å². The fourth-order valence-corrected chi connectivity index (χ4v) is 4.43. The van der Waals surface area contributed by atoms with Crippen molar-refractivity contribution in [1.82, 2.24) is 14.5 Å². The highest BCUT2D eigenvalue weighted by molar-refractivity contribution is 7.99. The van der Waals surface area contributed by atoms with Crippen molar-refractivity contribution in [2.75, 3.05) is 12.8 Å². The summed E-state index contributed by atoms with van der Waals surface area (Å²) in [7, 11) is 1.77. The molecule has 1 aromatic carbocycles. The van der Waals surface area contributed by atoms with Gasteiger partial charge in [-0.3, -0.25) is 4.99 Å². The van der Waals surface area contributed by atoms with Gasteiger partial charge in [-0.2, -0.15) is 0 Å². The van der Waals surface area contributed by atoms with E-state index in [9.17, 15) is 0 Å². The molecule has 7 heteroatoms. The second-order valence-corrected chi connectivity index (χ2v) is 8.01. The number of aliphatic imine (C=N–C) groups is 1. The number of aromatic nitrogens is 3. The van der Waals surface area contributed by atoms with E-state index in [1.54, 1.807) is 13.3 Å². The number of thioether (sulfide) groups is 1. The minimum absolute atomic E-state index is 0.00168. The molecule has 144 valence electrons. The minimum atomic E-state index is 0.00168. The zero-order valence-electron chi connectivity index (χ0n) is 15.5. The number of fused-ring (bicyclic) bond motifs is 1. The zero-order chi connectivity index (χ0) is 19.3. The minimum Gasteiger partial charge on any atom is -0.354 e. The second-order valence-electron chi connectivity index (χ2n) is 6.56. The zero-order valence-corrected chi connectivity index (χ0v) is 17.1. The van der Waals surface area contributed by atoms with Crippen LogP contribution >= 0.6 is 23.4 Å². The van der Waals surface area contributed by atoms with E-state index in [2.05, 4.69) is 43.8 Å². The lowest BCUT2D eigenvalue weighted by Crippen LogP contribution is -2.13. The van der Waals surface area contributed by atoms with Gasteiger partial charge in [0.05, 0.1) is 11.5 Å². The summed E-state index contributed by atoms with van der Waals surface area (Å²) in [6.07, 6.45) is 11.5. The fraction of sp³-hybridized carbons (Fsp3) is 0.286. The van der Waals surface area contributed by atoms with Crippen molar-refractivity contribution in [3.05, 3.63) is 59.6 Å². The molecule has 1 aliphatic heterocycles. The average Bonchev–Trinajstić information content (AvgIpc) is 3.35. The van der Waals surface area contributed by atoms with Crippen molar-refractivity contribution in [3.8, 4) is 0 Å². The molecule has 2 atom stereocenters. The van der Waals surface area contributed by atoms with Gasteiger partial charge < -0.3 is 9.30 Å². The monoisotopic (exact) mass is 412 g/mol. The van der Waals surface area contributed by atoms with Crippen molar-refractivity contribution in [1.29, 1.82) is 0 Å². The molecular weight excluding hydrogens is 392 g/mol. The van der Waals surface area contributed by atoms with Gasteiger partial charge in [-0.25, -0.2) is 9.97 Å². The highest BCUT2D eigenvalue weighted by Gasteiger charge is 2.27. The molecule has 0 amide bonds. The summed E-state index contributed by atoms with van der Waals surface area (Å²) in [6, 6.07) is 10.5. The molecule has 0 radical (unpaired) electrons. The molecule has 0 aliphatic carbocycles. The van der Waals surface area contributed by atoms with E-state index < -0.39 is 0 Å². The number of ether oxygens (including phenoxy) is 1. The van der Waals surface area contributed by atoms with Gasteiger partial charge in [0.2, 0.25) is 0 Å². The van der Waals surface area contributed by atoms with Gasteiger partial charge in [-0.05, 0) is 42.7 Å². The lowest BCUT2D eigenvalue weighted by atomic mass is 10.2. The molecule has 1 aliphatic rings. The number of hydrogen-bond acceptors (Lipinski definition) is 5. The van der Waals surface area contributed by atoms with Gasteiger partial charge in [0.25, 0.3) is 0 Å². The third-order valence-electron chi connectivity index (χ3n) is 4.70. The van der Waals surface area contributed by atoms with E-state index in [0.717, 1.165) is 29.6 Å². The Morgan fingerprint density at radius 3 is 2.93 bits per heavy atom. The Kier molecular flexibility index (Phi) is 6.10. The molecule has 1 saturated heterocycles. The average molecular weight is 413 g/mol. The summed E-state index contributed by atoms with van der Waals surface area (Å²) in [5.41, 5.74) is 2.00. The predicted octanol–water partition coefficient (Wildman–Crippen LogP) is 5.27. The van der Waals surface area contributed by atoms with E-state index in [1.807, 2.05) is 36.2 Å². The fourth-order valence-electron chi connectivity index (χ4n) is 3.29. The molecule has 5 nitrogen and oxygen atoms in total. The summed E-state index contributed by atoms with van der Waals surface area (Å²) < 4.78 is 8.34. The third-order valence-corrected chi connectivity index (χ3v) is 6.14. The van der Waals surface area contributed by atoms with E-state index >= 15 is 0 Å². The number of hydrogen-bond donors (Lipinski definition) is 0. The van der Waals surface area contributed by atoms with Crippen molar-refractivity contribution in [2.45, 2.75) is 30.1 Å². The number of allylic oxidation sites excluding steroid dienone is 1. The standard InChI is InChI=1S/C21H21ClN4OS/c1-23-11-2-3-15-4-7-17(8-5-15)28-13-16-6-9-19(27-16)26-12-10-18-20(22)24-14-25-21(18)26/h2-5,7-8,10-12,14,16,19H,6,9,13H2,1H3/b3-2-,23-11?. The Balaban J connectivity index is 1.34. The first-order valence-electron chi connectivity index (χ1n) is 9.19. The molecule has 1 fully saturated rings. The number of halogens is 1. The van der Waals surface area contributed by atoms with Crippen molar-refractivity contribution < 1.29 is 4.74 Å². The van der Waals surface area contributed by atoms with Crippen LogP contribution in [-0.4, -0.2) is 39.7 Å². The SMILES string of the molecule is CN=C/C=C\c1ccc(SCC2CCC(n3ccc4c(Cl)ncnc43)O2)cc1. The summed E-state index contributed by atoms with van der Waals surface area (Å²) in [4.78, 5) is 13.6. The predicted molar refractivity (Wildman–Crippen MR) is 116 cm³/mol. The lowest BCUT2D eigenvalue weighted by Gasteiger charge is -2.15. The maximum atomic E-state index is 6.28. The second kappa shape index (κ2) is 8.90. The van der Waals surface area contributed by atoms with Crippen LogP contribution in [0.2, 0.25) is 5.15 Å². The van der Waals surface area contributed by atoms with Crippen LogP contribution in [0.25, 0.3) is 17.1 Å². The van der Waals surface area contributed by atoms with Crippen LogP contribution in [0.3, 0.4) is 0 Å². The Morgan fingerprint density at radius 1 is 1.25 bits per heavy atom. The van der Waals surface area contributed by atoms with Gasteiger partial charge in [-0.15, -0.1) is 11.8 Å². The Morgan fingerprint density at radius 2 is 2.11 bits per heavy atom.